The molecule has 29 heavy (non-hydrogen) atoms. The Balaban J connectivity index is 1.89. The fraction of sp³-hybridized carbons (Fsp3) is 0.286. The van der Waals surface area contributed by atoms with Gasteiger partial charge in [0, 0.05) is 6.54 Å². The molecule has 3 aromatic rings. The van der Waals surface area contributed by atoms with Crippen molar-refractivity contribution >= 4 is 34.3 Å². The number of anilines is 1. The van der Waals surface area contributed by atoms with E-state index in [1.165, 1.54) is 6.07 Å². The van der Waals surface area contributed by atoms with Gasteiger partial charge in [0.25, 0.3) is 5.56 Å². The molecule has 0 aliphatic carbocycles. The molecule has 0 radical (unpaired) electrons. The molecule has 1 aromatic heterocycles. The minimum atomic E-state index is -0.848. The molecule has 1 amide bonds. The Labute approximate surface area is 171 Å². The third-order valence-electron chi connectivity index (χ3n) is 4.42. The SMILES string of the molecule is CCCCn1c(SC(C)C(=O)Nc2c(F)cccc2F)nc2ccccc2c1=O. The molecule has 1 atom stereocenters. The van der Waals surface area contributed by atoms with Crippen LogP contribution in [0.2, 0.25) is 0 Å². The van der Waals surface area contributed by atoms with Crippen molar-refractivity contribution in [1.29, 1.82) is 0 Å². The Hall–Kier alpha value is -2.74. The van der Waals surface area contributed by atoms with Crippen LogP contribution in [0.3, 0.4) is 0 Å². The molecule has 0 fully saturated rings. The Morgan fingerprint density at radius 3 is 2.55 bits per heavy atom. The zero-order valence-corrected chi connectivity index (χ0v) is 16.9. The molecule has 0 saturated heterocycles. The second kappa shape index (κ2) is 9.17. The largest absolute Gasteiger partial charge is 0.320 e. The zero-order valence-electron chi connectivity index (χ0n) is 16.1. The van der Waals surface area contributed by atoms with E-state index in [0.717, 1.165) is 36.7 Å². The highest BCUT2D eigenvalue weighted by Gasteiger charge is 2.21. The summed E-state index contributed by atoms with van der Waals surface area (Å²) in [6.07, 6.45) is 1.68. The van der Waals surface area contributed by atoms with Crippen molar-refractivity contribution in [3.63, 3.8) is 0 Å². The lowest BCUT2D eigenvalue weighted by Crippen LogP contribution is -2.27. The summed E-state index contributed by atoms with van der Waals surface area (Å²) in [5, 5.41) is 2.48. The highest BCUT2D eigenvalue weighted by Crippen LogP contribution is 2.25. The van der Waals surface area contributed by atoms with Crippen molar-refractivity contribution in [2.45, 2.75) is 43.6 Å². The summed E-state index contributed by atoms with van der Waals surface area (Å²) < 4.78 is 29.2. The standard InChI is InChI=1S/C21H21F2N3O2S/c1-3-4-12-26-20(28)14-8-5-6-11-17(14)24-21(26)29-13(2)19(27)25-18-15(22)9-7-10-16(18)23/h5-11,13H,3-4,12H2,1-2H3,(H,25,27). The van der Waals surface area contributed by atoms with Crippen LogP contribution in [-0.2, 0) is 11.3 Å². The van der Waals surface area contributed by atoms with Gasteiger partial charge in [0.1, 0.15) is 17.3 Å². The third kappa shape index (κ3) is 4.64. The predicted molar refractivity (Wildman–Crippen MR) is 111 cm³/mol. The maximum Gasteiger partial charge on any atom is 0.262 e. The van der Waals surface area contributed by atoms with Crippen molar-refractivity contribution in [2.24, 2.45) is 0 Å². The lowest BCUT2D eigenvalue weighted by atomic mass is 10.2. The number of amides is 1. The van der Waals surface area contributed by atoms with Gasteiger partial charge in [-0.05, 0) is 37.6 Å². The summed E-state index contributed by atoms with van der Waals surface area (Å²) in [4.78, 5) is 30.0. The van der Waals surface area contributed by atoms with Crippen LogP contribution in [0, 0.1) is 11.6 Å². The van der Waals surface area contributed by atoms with E-state index in [1.807, 2.05) is 6.92 Å². The lowest BCUT2D eigenvalue weighted by molar-refractivity contribution is -0.115. The van der Waals surface area contributed by atoms with Crippen LogP contribution in [0.4, 0.5) is 14.5 Å². The van der Waals surface area contributed by atoms with Gasteiger partial charge in [-0.3, -0.25) is 14.2 Å². The first-order valence-electron chi connectivity index (χ1n) is 9.33. The maximum atomic E-state index is 13.8. The minimum Gasteiger partial charge on any atom is -0.320 e. The summed E-state index contributed by atoms with van der Waals surface area (Å²) in [7, 11) is 0. The molecule has 8 heteroatoms. The van der Waals surface area contributed by atoms with Crippen LogP contribution in [0.15, 0.2) is 52.4 Å². The second-order valence-electron chi connectivity index (χ2n) is 6.57. The van der Waals surface area contributed by atoms with Crippen molar-refractivity contribution < 1.29 is 13.6 Å². The number of para-hydroxylation sites is 2. The molecule has 0 spiro atoms. The Morgan fingerprint density at radius 2 is 1.86 bits per heavy atom. The predicted octanol–water partition coefficient (Wildman–Crippen LogP) is 4.59. The molecule has 0 saturated carbocycles. The van der Waals surface area contributed by atoms with Crippen molar-refractivity contribution in [2.75, 3.05) is 5.32 Å². The van der Waals surface area contributed by atoms with Crippen molar-refractivity contribution in [1.82, 2.24) is 9.55 Å². The number of aromatic nitrogens is 2. The monoisotopic (exact) mass is 417 g/mol. The number of unbranched alkanes of at least 4 members (excludes halogenated alkanes) is 1. The van der Waals surface area contributed by atoms with E-state index < -0.39 is 28.5 Å². The zero-order chi connectivity index (χ0) is 21.0. The van der Waals surface area contributed by atoms with Crippen molar-refractivity contribution in [3.05, 3.63) is 64.5 Å². The summed E-state index contributed by atoms with van der Waals surface area (Å²) in [6, 6.07) is 10.4. The number of nitrogens with zero attached hydrogens (tertiary/aromatic N) is 2. The van der Waals surface area contributed by atoms with Gasteiger partial charge in [-0.15, -0.1) is 0 Å². The first-order chi connectivity index (χ1) is 13.9. The molecule has 0 bridgehead atoms. The van der Waals surface area contributed by atoms with Crippen LogP contribution in [0.1, 0.15) is 26.7 Å². The van der Waals surface area contributed by atoms with E-state index in [1.54, 1.807) is 35.8 Å². The lowest BCUT2D eigenvalue weighted by Gasteiger charge is -2.16. The van der Waals surface area contributed by atoms with E-state index in [0.29, 0.717) is 22.6 Å². The van der Waals surface area contributed by atoms with Gasteiger partial charge < -0.3 is 5.32 Å². The quantitative estimate of drug-likeness (QED) is 0.451. The molecule has 1 N–H and O–H groups in total. The summed E-state index contributed by atoms with van der Waals surface area (Å²) in [5.41, 5.74) is -0.111. The molecule has 5 nitrogen and oxygen atoms in total. The van der Waals surface area contributed by atoms with Gasteiger partial charge in [0.2, 0.25) is 5.91 Å². The van der Waals surface area contributed by atoms with Gasteiger partial charge >= 0.3 is 0 Å². The summed E-state index contributed by atoms with van der Waals surface area (Å²) in [6.45, 7) is 4.10. The van der Waals surface area contributed by atoms with E-state index in [9.17, 15) is 18.4 Å². The maximum absolute atomic E-state index is 13.8. The average Bonchev–Trinajstić information content (AvgIpc) is 2.70. The fourth-order valence-electron chi connectivity index (χ4n) is 2.80. The van der Waals surface area contributed by atoms with Crippen LogP contribution >= 0.6 is 11.8 Å². The molecule has 152 valence electrons. The molecule has 0 aliphatic rings. The average molecular weight is 417 g/mol. The fourth-order valence-corrected chi connectivity index (χ4v) is 3.74. The van der Waals surface area contributed by atoms with E-state index in [2.05, 4.69) is 10.3 Å². The number of halogens is 2. The number of hydrogen-bond donors (Lipinski definition) is 1. The van der Waals surface area contributed by atoms with Crippen LogP contribution in [0.5, 0.6) is 0 Å². The van der Waals surface area contributed by atoms with Crippen LogP contribution in [-0.4, -0.2) is 20.7 Å². The van der Waals surface area contributed by atoms with Gasteiger partial charge in [-0.25, -0.2) is 13.8 Å². The number of rotatable bonds is 7. The number of hydrogen-bond acceptors (Lipinski definition) is 4. The second-order valence-corrected chi connectivity index (χ2v) is 7.88. The normalized spacial score (nSPS) is 12.1. The summed E-state index contributed by atoms with van der Waals surface area (Å²) >= 11 is 1.08. The summed E-state index contributed by atoms with van der Waals surface area (Å²) in [5.74, 6) is -2.28. The number of carbonyl (C=O) groups excluding carboxylic acids is 1. The van der Waals surface area contributed by atoms with Gasteiger partial charge in [-0.2, -0.15) is 0 Å². The molecule has 1 heterocycles. The highest BCUT2D eigenvalue weighted by atomic mass is 32.2. The smallest absolute Gasteiger partial charge is 0.262 e. The highest BCUT2D eigenvalue weighted by molar-refractivity contribution is 8.00. The molecular weight excluding hydrogens is 396 g/mol. The van der Waals surface area contributed by atoms with Crippen LogP contribution in [0.25, 0.3) is 10.9 Å². The third-order valence-corrected chi connectivity index (χ3v) is 5.51. The molecule has 0 aliphatic heterocycles. The van der Waals surface area contributed by atoms with Gasteiger partial charge in [0.05, 0.1) is 16.2 Å². The van der Waals surface area contributed by atoms with E-state index in [-0.39, 0.29) is 5.56 Å². The van der Waals surface area contributed by atoms with E-state index >= 15 is 0 Å². The Bertz CT molecular complexity index is 1080. The van der Waals surface area contributed by atoms with Crippen LogP contribution < -0.4 is 10.9 Å². The number of nitrogens with one attached hydrogen (secondary N) is 1. The molecule has 3 rings (SSSR count). The number of thioether (sulfide) groups is 1. The molecule has 2 aromatic carbocycles. The molecule has 1 unspecified atom stereocenters. The van der Waals surface area contributed by atoms with E-state index in [4.69, 9.17) is 0 Å². The number of carbonyl (C=O) groups is 1. The minimum absolute atomic E-state index is 0.167. The first kappa shape index (κ1) is 21.0. The van der Waals surface area contributed by atoms with Gasteiger partial charge in [-0.1, -0.05) is 43.3 Å². The number of fused-ring (bicyclic) bond motifs is 1. The van der Waals surface area contributed by atoms with Crippen molar-refractivity contribution in [3.8, 4) is 0 Å². The topological polar surface area (TPSA) is 64.0 Å². The Morgan fingerprint density at radius 1 is 1.17 bits per heavy atom. The number of benzene rings is 2. The Kier molecular flexibility index (Phi) is 6.64. The molecular formula is C21H21F2N3O2S. The first-order valence-corrected chi connectivity index (χ1v) is 10.2. The van der Waals surface area contributed by atoms with Gasteiger partial charge in [0.15, 0.2) is 5.16 Å².